The summed E-state index contributed by atoms with van der Waals surface area (Å²) in [7, 11) is -2.10. The molecule has 0 aliphatic carbocycles. The maximum Gasteiger partial charge on any atom is 0.419 e. The molecule has 1 saturated heterocycles. The van der Waals surface area contributed by atoms with Crippen LogP contribution in [0.3, 0.4) is 0 Å². The number of sulfonamides is 1. The Labute approximate surface area is 137 Å². The summed E-state index contributed by atoms with van der Waals surface area (Å²) in [5, 5.41) is 7.70. The molecule has 0 saturated carbocycles. The lowest BCUT2D eigenvalue weighted by atomic mass is 10.3. The average Bonchev–Trinajstić information content (AvgIpc) is 3.28. The smallest absolute Gasteiger partial charge is 0.408 e. The number of oxazole rings is 1. The van der Waals surface area contributed by atoms with Crippen LogP contribution in [-0.2, 0) is 17.1 Å². The fourth-order valence-corrected chi connectivity index (χ4v) is 4.49. The van der Waals surface area contributed by atoms with Crippen LogP contribution in [0.5, 0.6) is 0 Å². The first-order valence-electron chi connectivity index (χ1n) is 7.42. The number of hydrogen-bond donors (Lipinski definition) is 0. The summed E-state index contributed by atoms with van der Waals surface area (Å²) in [6.45, 7) is 0.753. The normalized spacial score (nSPS) is 19.3. The van der Waals surface area contributed by atoms with Crippen molar-refractivity contribution in [2.24, 2.45) is 7.05 Å². The minimum Gasteiger partial charge on any atom is -0.408 e. The van der Waals surface area contributed by atoms with Gasteiger partial charge in [0.25, 0.3) is 0 Å². The summed E-state index contributed by atoms with van der Waals surface area (Å²) in [4.78, 5) is 11.7. The van der Waals surface area contributed by atoms with Crippen molar-refractivity contribution in [2.75, 3.05) is 13.1 Å². The van der Waals surface area contributed by atoms with E-state index in [1.165, 1.54) is 27.1 Å². The fourth-order valence-electron chi connectivity index (χ4n) is 2.97. The quantitative estimate of drug-likeness (QED) is 0.676. The van der Waals surface area contributed by atoms with Gasteiger partial charge in [0.2, 0.25) is 10.0 Å². The molecule has 2 aromatic heterocycles. The topological polar surface area (TPSA) is 103 Å². The molecule has 3 heterocycles. The molecule has 0 N–H and O–H groups in total. The Morgan fingerprint density at radius 3 is 2.92 bits per heavy atom. The van der Waals surface area contributed by atoms with E-state index in [9.17, 15) is 13.2 Å². The van der Waals surface area contributed by atoms with Crippen LogP contribution in [0, 0.1) is 0 Å². The minimum atomic E-state index is -3.65. The van der Waals surface area contributed by atoms with Gasteiger partial charge in [0, 0.05) is 26.3 Å². The van der Waals surface area contributed by atoms with Crippen molar-refractivity contribution in [1.82, 2.24) is 23.9 Å². The molecule has 1 aliphatic rings. The van der Waals surface area contributed by atoms with Gasteiger partial charge in [-0.05, 0) is 24.6 Å². The van der Waals surface area contributed by atoms with E-state index in [0.29, 0.717) is 30.6 Å². The molecule has 1 fully saturated rings. The third kappa shape index (κ3) is 2.26. The first kappa shape index (κ1) is 15.1. The minimum absolute atomic E-state index is 0.0238. The predicted molar refractivity (Wildman–Crippen MR) is 83.9 cm³/mol. The number of fused-ring (bicyclic) bond motifs is 1. The lowest BCUT2D eigenvalue weighted by Crippen LogP contribution is -2.29. The van der Waals surface area contributed by atoms with Crippen LogP contribution in [0.25, 0.3) is 11.1 Å². The Bertz CT molecular complexity index is 1050. The van der Waals surface area contributed by atoms with Crippen LogP contribution < -0.4 is 5.76 Å². The highest BCUT2D eigenvalue weighted by molar-refractivity contribution is 7.89. The first-order chi connectivity index (χ1) is 11.5. The first-order valence-corrected chi connectivity index (χ1v) is 8.86. The Kier molecular flexibility index (Phi) is 3.32. The van der Waals surface area contributed by atoms with Gasteiger partial charge in [-0.25, -0.2) is 17.9 Å². The third-order valence-corrected chi connectivity index (χ3v) is 6.20. The van der Waals surface area contributed by atoms with Crippen molar-refractivity contribution in [3.8, 4) is 0 Å². The molecule has 0 radical (unpaired) electrons. The largest absolute Gasteiger partial charge is 0.419 e. The Morgan fingerprint density at radius 1 is 1.33 bits per heavy atom. The number of nitrogens with zero attached hydrogens (tertiary/aromatic N) is 5. The van der Waals surface area contributed by atoms with Crippen LogP contribution in [0.1, 0.15) is 12.5 Å². The molecule has 3 aromatic rings. The number of aromatic nitrogens is 4. The van der Waals surface area contributed by atoms with Gasteiger partial charge in [0.05, 0.1) is 22.7 Å². The molecule has 0 bridgehead atoms. The van der Waals surface area contributed by atoms with Crippen molar-refractivity contribution in [2.45, 2.75) is 17.4 Å². The molecular weight excluding hydrogens is 334 g/mol. The van der Waals surface area contributed by atoms with E-state index in [1.54, 1.807) is 24.1 Å². The molecule has 24 heavy (non-hydrogen) atoms. The molecule has 0 unspecified atom stereocenters. The van der Waals surface area contributed by atoms with Crippen molar-refractivity contribution in [1.29, 1.82) is 0 Å². The SMILES string of the molecule is Cn1c(=O)oc2ccc(S(=O)(=O)N3CC[C@H](n4ccnn4)C3)cc21. The number of hydrogen-bond acceptors (Lipinski definition) is 6. The summed E-state index contributed by atoms with van der Waals surface area (Å²) in [6.07, 6.45) is 3.98. The van der Waals surface area contributed by atoms with Crippen LogP contribution in [-0.4, -0.2) is 45.4 Å². The van der Waals surface area contributed by atoms with Crippen molar-refractivity contribution < 1.29 is 12.8 Å². The van der Waals surface area contributed by atoms with Crippen LogP contribution in [0.4, 0.5) is 0 Å². The summed E-state index contributed by atoms with van der Waals surface area (Å²) in [5.74, 6) is -0.521. The van der Waals surface area contributed by atoms with E-state index in [4.69, 9.17) is 4.42 Å². The molecule has 10 heteroatoms. The summed E-state index contributed by atoms with van der Waals surface area (Å²) < 4.78 is 35.2. The van der Waals surface area contributed by atoms with E-state index in [1.807, 2.05) is 0 Å². The maximum atomic E-state index is 12.9. The third-order valence-electron chi connectivity index (χ3n) is 4.34. The highest BCUT2D eigenvalue weighted by Crippen LogP contribution is 2.28. The molecule has 1 atom stereocenters. The van der Waals surface area contributed by atoms with E-state index in [-0.39, 0.29) is 10.9 Å². The van der Waals surface area contributed by atoms with Gasteiger partial charge < -0.3 is 4.42 Å². The molecule has 0 amide bonds. The van der Waals surface area contributed by atoms with E-state index in [2.05, 4.69) is 10.3 Å². The van der Waals surface area contributed by atoms with Gasteiger partial charge in [0.1, 0.15) is 0 Å². The second kappa shape index (κ2) is 5.28. The lowest BCUT2D eigenvalue weighted by molar-refractivity contribution is 0.428. The summed E-state index contributed by atoms with van der Waals surface area (Å²) in [6, 6.07) is 4.42. The highest BCUT2D eigenvalue weighted by atomic mass is 32.2. The van der Waals surface area contributed by atoms with Crippen molar-refractivity contribution >= 4 is 21.1 Å². The van der Waals surface area contributed by atoms with Gasteiger partial charge >= 0.3 is 5.76 Å². The molecule has 1 aliphatic heterocycles. The molecule has 1 aromatic carbocycles. The second-order valence-corrected chi connectivity index (χ2v) is 7.68. The predicted octanol–water partition coefficient (Wildman–Crippen LogP) is 0.359. The van der Waals surface area contributed by atoms with E-state index < -0.39 is 15.8 Å². The zero-order valence-corrected chi connectivity index (χ0v) is 13.7. The van der Waals surface area contributed by atoms with Gasteiger partial charge in [-0.1, -0.05) is 5.21 Å². The molecular formula is C14H15N5O4S. The Hall–Kier alpha value is -2.46. The van der Waals surface area contributed by atoms with Gasteiger partial charge in [-0.15, -0.1) is 5.10 Å². The van der Waals surface area contributed by atoms with Crippen LogP contribution in [0.15, 0.2) is 44.7 Å². The lowest BCUT2D eigenvalue weighted by Gasteiger charge is -2.16. The monoisotopic (exact) mass is 349 g/mol. The standard InChI is InChI=1S/C14H15N5O4S/c1-17-12-8-11(2-3-13(12)23-14(17)20)24(21,22)18-6-4-10(9-18)19-7-5-15-16-19/h2-3,5,7-8,10H,4,6,9H2,1H3/t10-/m0/s1. The average molecular weight is 349 g/mol. The second-order valence-electron chi connectivity index (χ2n) is 5.75. The van der Waals surface area contributed by atoms with Crippen molar-refractivity contribution in [3.63, 3.8) is 0 Å². The fraction of sp³-hybridized carbons (Fsp3) is 0.357. The Balaban J connectivity index is 1.68. The molecule has 9 nitrogen and oxygen atoms in total. The zero-order valence-electron chi connectivity index (χ0n) is 12.9. The van der Waals surface area contributed by atoms with Gasteiger partial charge in [0.15, 0.2) is 5.58 Å². The molecule has 4 rings (SSSR count). The number of aryl methyl sites for hydroxylation is 1. The van der Waals surface area contributed by atoms with Crippen LogP contribution >= 0.6 is 0 Å². The van der Waals surface area contributed by atoms with Gasteiger partial charge in [-0.3, -0.25) is 4.57 Å². The molecule has 0 spiro atoms. The van der Waals surface area contributed by atoms with Crippen LogP contribution in [0.2, 0.25) is 0 Å². The van der Waals surface area contributed by atoms with Crippen molar-refractivity contribution in [3.05, 3.63) is 41.1 Å². The highest BCUT2D eigenvalue weighted by Gasteiger charge is 2.34. The molecule has 126 valence electrons. The van der Waals surface area contributed by atoms with E-state index >= 15 is 0 Å². The summed E-state index contributed by atoms with van der Waals surface area (Å²) >= 11 is 0. The van der Waals surface area contributed by atoms with Gasteiger partial charge in [-0.2, -0.15) is 4.31 Å². The Morgan fingerprint density at radius 2 is 2.17 bits per heavy atom. The number of benzene rings is 1. The zero-order chi connectivity index (χ0) is 16.9. The summed E-state index contributed by atoms with van der Waals surface area (Å²) in [5.41, 5.74) is 0.816. The van der Waals surface area contributed by atoms with E-state index in [0.717, 1.165) is 0 Å². The number of rotatable bonds is 3. The maximum absolute atomic E-state index is 12.9.